The lowest BCUT2D eigenvalue weighted by molar-refractivity contribution is 0.0850. The Balaban J connectivity index is 1.95. The van der Waals surface area contributed by atoms with E-state index < -0.39 is 0 Å². The molecular weight excluding hydrogens is 344 g/mol. The predicted molar refractivity (Wildman–Crippen MR) is 96.9 cm³/mol. The van der Waals surface area contributed by atoms with Crippen LogP contribution in [-0.4, -0.2) is 31.1 Å². The fraction of sp³-hybridized carbons (Fsp3) is 0.765. The van der Waals surface area contributed by atoms with E-state index in [1.54, 1.807) is 0 Å². The first-order valence-corrected chi connectivity index (χ1v) is 9.74. The van der Waals surface area contributed by atoms with Gasteiger partial charge in [0.1, 0.15) is 0 Å². The van der Waals surface area contributed by atoms with Gasteiger partial charge in [-0.1, -0.05) is 27.2 Å². The van der Waals surface area contributed by atoms with Crippen LogP contribution in [0.2, 0.25) is 0 Å². The molecule has 1 heterocycles. The molecule has 2 nitrogen and oxygen atoms in total. The second-order valence-electron chi connectivity index (χ2n) is 7.10. The highest BCUT2D eigenvalue weighted by atomic mass is 79.9. The SMILES string of the molecule is CCNC1C(CN(C)Cc2cc(Br)cs2)CCCC1(C)C. The van der Waals surface area contributed by atoms with Crippen molar-refractivity contribution in [1.29, 1.82) is 0 Å². The van der Waals surface area contributed by atoms with Crippen molar-refractivity contribution in [3.05, 3.63) is 20.8 Å². The predicted octanol–water partition coefficient (Wildman–Crippen LogP) is 4.75. The van der Waals surface area contributed by atoms with Gasteiger partial charge in [-0.05, 0) is 59.8 Å². The number of thiophene rings is 1. The topological polar surface area (TPSA) is 15.3 Å². The van der Waals surface area contributed by atoms with E-state index in [-0.39, 0.29) is 0 Å². The number of hydrogen-bond acceptors (Lipinski definition) is 3. The van der Waals surface area contributed by atoms with E-state index in [1.807, 2.05) is 11.3 Å². The summed E-state index contributed by atoms with van der Waals surface area (Å²) in [5, 5.41) is 5.94. The minimum absolute atomic E-state index is 0.422. The highest BCUT2D eigenvalue weighted by molar-refractivity contribution is 9.10. The third-order valence-corrected chi connectivity index (χ3v) is 6.41. The van der Waals surface area contributed by atoms with Crippen LogP contribution in [0.15, 0.2) is 15.9 Å². The molecule has 0 radical (unpaired) electrons. The number of halogens is 1. The third-order valence-electron chi connectivity index (χ3n) is 4.73. The Kier molecular flexibility index (Phi) is 6.30. The normalized spacial score (nSPS) is 25.4. The molecule has 0 aromatic carbocycles. The van der Waals surface area contributed by atoms with Gasteiger partial charge in [0.25, 0.3) is 0 Å². The van der Waals surface area contributed by atoms with Crippen LogP contribution in [-0.2, 0) is 6.54 Å². The number of nitrogens with zero attached hydrogens (tertiary/aromatic N) is 1. The van der Waals surface area contributed by atoms with Gasteiger partial charge in [-0.3, -0.25) is 0 Å². The van der Waals surface area contributed by atoms with Crippen LogP contribution in [0, 0.1) is 11.3 Å². The molecule has 2 unspecified atom stereocenters. The Hall–Kier alpha value is 0.1000. The second kappa shape index (κ2) is 7.58. The standard InChI is InChI=1S/C17H29BrN2S/c1-5-19-16-13(7-6-8-17(16,2)3)10-20(4)11-15-9-14(18)12-21-15/h9,12-13,16,19H,5-8,10-11H2,1-4H3. The van der Waals surface area contributed by atoms with Gasteiger partial charge in [0.05, 0.1) is 0 Å². The molecule has 4 heteroatoms. The third kappa shape index (κ3) is 4.78. The van der Waals surface area contributed by atoms with Crippen LogP contribution in [0.1, 0.15) is 44.9 Å². The molecule has 0 spiro atoms. The van der Waals surface area contributed by atoms with E-state index in [4.69, 9.17) is 0 Å². The van der Waals surface area contributed by atoms with Crippen molar-refractivity contribution in [2.45, 2.75) is 52.6 Å². The summed E-state index contributed by atoms with van der Waals surface area (Å²) in [6.07, 6.45) is 4.08. The number of nitrogens with one attached hydrogen (secondary N) is 1. The fourth-order valence-electron chi connectivity index (χ4n) is 3.81. The zero-order valence-electron chi connectivity index (χ0n) is 13.8. The molecule has 1 aromatic heterocycles. The number of rotatable bonds is 6. The summed E-state index contributed by atoms with van der Waals surface area (Å²) in [6, 6.07) is 2.89. The largest absolute Gasteiger partial charge is 0.313 e. The molecule has 0 bridgehead atoms. The van der Waals surface area contributed by atoms with Crippen LogP contribution >= 0.6 is 27.3 Å². The Morgan fingerprint density at radius 1 is 1.48 bits per heavy atom. The van der Waals surface area contributed by atoms with Crippen LogP contribution in [0.5, 0.6) is 0 Å². The molecule has 1 aromatic rings. The van der Waals surface area contributed by atoms with E-state index >= 15 is 0 Å². The van der Waals surface area contributed by atoms with Crippen molar-refractivity contribution in [3.63, 3.8) is 0 Å². The second-order valence-corrected chi connectivity index (χ2v) is 9.02. The summed E-state index contributed by atoms with van der Waals surface area (Å²) in [5.74, 6) is 0.766. The Bertz CT molecular complexity index is 444. The monoisotopic (exact) mass is 372 g/mol. The first-order valence-electron chi connectivity index (χ1n) is 8.07. The lowest BCUT2D eigenvalue weighted by Crippen LogP contribution is -2.52. The minimum atomic E-state index is 0.422. The molecule has 1 aliphatic rings. The average molecular weight is 373 g/mol. The lowest BCUT2D eigenvalue weighted by Gasteiger charge is -2.45. The summed E-state index contributed by atoms with van der Waals surface area (Å²) >= 11 is 5.39. The van der Waals surface area contributed by atoms with E-state index in [2.05, 4.69) is 65.4 Å². The van der Waals surface area contributed by atoms with E-state index in [0.717, 1.165) is 19.0 Å². The molecule has 0 saturated heterocycles. The van der Waals surface area contributed by atoms with Gasteiger partial charge in [0.15, 0.2) is 0 Å². The van der Waals surface area contributed by atoms with Gasteiger partial charge in [-0.25, -0.2) is 0 Å². The van der Waals surface area contributed by atoms with E-state index in [0.29, 0.717) is 11.5 Å². The van der Waals surface area contributed by atoms with E-state index in [9.17, 15) is 0 Å². The zero-order valence-corrected chi connectivity index (χ0v) is 16.2. The molecule has 21 heavy (non-hydrogen) atoms. The van der Waals surface area contributed by atoms with Crippen molar-refractivity contribution in [1.82, 2.24) is 10.2 Å². The van der Waals surface area contributed by atoms with Gasteiger partial charge >= 0.3 is 0 Å². The maximum Gasteiger partial charge on any atom is 0.0325 e. The Morgan fingerprint density at radius 2 is 2.24 bits per heavy atom. The van der Waals surface area contributed by atoms with Crippen molar-refractivity contribution < 1.29 is 0 Å². The molecule has 2 rings (SSSR count). The molecule has 120 valence electrons. The van der Waals surface area contributed by atoms with Gasteiger partial charge in [-0.15, -0.1) is 11.3 Å². The van der Waals surface area contributed by atoms with Crippen molar-refractivity contribution in [2.24, 2.45) is 11.3 Å². The van der Waals surface area contributed by atoms with Crippen LogP contribution in [0.3, 0.4) is 0 Å². The summed E-state index contributed by atoms with van der Waals surface area (Å²) in [5.41, 5.74) is 0.422. The zero-order chi connectivity index (χ0) is 15.5. The fourth-order valence-corrected chi connectivity index (χ4v) is 5.34. The Morgan fingerprint density at radius 3 is 2.86 bits per heavy atom. The van der Waals surface area contributed by atoms with Crippen molar-refractivity contribution in [3.8, 4) is 0 Å². The molecule has 2 atom stereocenters. The molecule has 1 aliphatic carbocycles. The van der Waals surface area contributed by atoms with Crippen LogP contribution in [0.4, 0.5) is 0 Å². The lowest BCUT2D eigenvalue weighted by atomic mass is 9.67. The first-order chi connectivity index (χ1) is 9.92. The summed E-state index contributed by atoms with van der Waals surface area (Å²) in [6.45, 7) is 10.4. The summed E-state index contributed by atoms with van der Waals surface area (Å²) in [4.78, 5) is 3.94. The quantitative estimate of drug-likeness (QED) is 0.774. The van der Waals surface area contributed by atoms with Crippen molar-refractivity contribution >= 4 is 27.3 Å². The van der Waals surface area contributed by atoms with Gasteiger partial charge in [0.2, 0.25) is 0 Å². The molecule has 1 saturated carbocycles. The van der Waals surface area contributed by atoms with Gasteiger partial charge < -0.3 is 10.2 Å². The molecular formula is C17H29BrN2S. The average Bonchev–Trinajstić information content (AvgIpc) is 2.78. The van der Waals surface area contributed by atoms with Gasteiger partial charge in [-0.2, -0.15) is 0 Å². The highest BCUT2D eigenvalue weighted by Crippen LogP contribution is 2.39. The minimum Gasteiger partial charge on any atom is -0.313 e. The maximum atomic E-state index is 3.77. The molecule has 0 aliphatic heterocycles. The first kappa shape index (κ1) is 17.5. The van der Waals surface area contributed by atoms with E-state index in [1.165, 1.54) is 35.2 Å². The van der Waals surface area contributed by atoms with Crippen molar-refractivity contribution in [2.75, 3.05) is 20.1 Å². The number of hydrogen-bond donors (Lipinski definition) is 1. The summed E-state index contributed by atoms with van der Waals surface area (Å²) < 4.78 is 1.21. The smallest absolute Gasteiger partial charge is 0.0325 e. The van der Waals surface area contributed by atoms with Crippen LogP contribution < -0.4 is 5.32 Å². The Labute approximate surface area is 142 Å². The molecule has 1 N–H and O–H groups in total. The summed E-state index contributed by atoms with van der Waals surface area (Å²) in [7, 11) is 2.26. The highest BCUT2D eigenvalue weighted by Gasteiger charge is 2.38. The van der Waals surface area contributed by atoms with Gasteiger partial charge in [0, 0.05) is 33.9 Å². The van der Waals surface area contributed by atoms with Crippen LogP contribution in [0.25, 0.3) is 0 Å². The molecule has 1 fully saturated rings. The molecule has 0 amide bonds. The maximum absolute atomic E-state index is 3.77.